The van der Waals surface area contributed by atoms with Crippen molar-refractivity contribution >= 4 is 29.7 Å². The Morgan fingerprint density at radius 1 is 0.956 bits per heavy atom. The molecule has 13 nitrogen and oxygen atoms in total. The second kappa shape index (κ2) is 14.8. The summed E-state index contributed by atoms with van der Waals surface area (Å²) < 4.78 is 5.18. The van der Waals surface area contributed by atoms with Crippen molar-refractivity contribution in [3.05, 3.63) is 65.6 Å². The third kappa shape index (κ3) is 9.60. The molecule has 1 fully saturated rings. The predicted molar refractivity (Wildman–Crippen MR) is 169 cm³/mol. The van der Waals surface area contributed by atoms with E-state index < -0.39 is 17.7 Å². The fourth-order valence-corrected chi connectivity index (χ4v) is 4.90. The Kier molecular flexibility index (Phi) is 10.9. The van der Waals surface area contributed by atoms with Gasteiger partial charge >= 0.3 is 12.1 Å². The van der Waals surface area contributed by atoms with Crippen LogP contribution in [0.2, 0.25) is 0 Å². The fourth-order valence-electron chi connectivity index (χ4n) is 4.90. The molecule has 3 aromatic rings. The number of aliphatic carboxylic acids is 1. The maximum atomic E-state index is 12.5. The molecule has 0 aliphatic carbocycles. The summed E-state index contributed by atoms with van der Waals surface area (Å²) in [7, 11) is 1.68. The van der Waals surface area contributed by atoms with Gasteiger partial charge in [-0.25, -0.2) is 19.7 Å². The van der Waals surface area contributed by atoms with Crippen LogP contribution in [0.1, 0.15) is 43.9 Å². The van der Waals surface area contributed by atoms with Crippen LogP contribution >= 0.6 is 0 Å². The van der Waals surface area contributed by atoms with E-state index in [1.165, 1.54) is 0 Å². The SMILES string of the molecule is CN(Cc1cccc(-c2cnc(N3CCN(c4ncc(CCC(=O)O)cc4CO)CC3)nc2)c1)C(=O)CNC(=O)OC(C)(C)C. The lowest BCUT2D eigenvalue weighted by Gasteiger charge is -2.36. The third-order valence-electron chi connectivity index (χ3n) is 7.19. The van der Waals surface area contributed by atoms with Gasteiger partial charge in [-0.05, 0) is 56.0 Å². The molecule has 0 unspecified atom stereocenters. The summed E-state index contributed by atoms with van der Waals surface area (Å²) in [6.45, 7) is 8.00. The number of aliphatic hydroxyl groups excluding tert-OH is 1. The lowest BCUT2D eigenvalue weighted by Crippen LogP contribution is -2.47. The number of likely N-dealkylation sites (N-methyl/N-ethyl adjacent to an activating group) is 1. The molecule has 0 spiro atoms. The van der Waals surface area contributed by atoms with Gasteiger partial charge in [0.2, 0.25) is 11.9 Å². The summed E-state index contributed by atoms with van der Waals surface area (Å²) in [5.41, 5.74) is 3.52. The van der Waals surface area contributed by atoms with Gasteiger partial charge in [-0.3, -0.25) is 9.59 Å². The van der Waals surface area contributed by atoms with Crippen LogP contribution in [0.5, 0.6) is 0 Å². The van der Waals surface area contributed by atoms with Gasteiger partial charge in [0.25, 0.3) is 0 Å². The topological polar surface area (TPSA) is 161 Å². The number of alkyl carbamates (subject to hydrolysis) is 1. The van der Waals surface area contributed by atoms with E-state index in [9.17, 15) is 19.5 Å². The number of carboxylic acid groups (broad SMARTS) is 1. The molecular weight excluding hydrogens is 578 g/mol. The van der Waals surface area contributed by atoms with Crippen molar-refractivity contribution in [3.63, 3.8) is 0 Å². The molecule has 0 saturated carbocycles. The van der Waals surface area contributed by atoms with E-state index >= 15 is 0 Å². The molecule has 3 heterocycles. The lowest BCUT2D eigenvalue weighted by atomic mass is 10.1. The van der Waals surface area contributed by atoms with E-state index in [4.69, 9.17) is 9.84 Å². The quantitative estimate of drug-likeness (QED) is 0.289. The highest BCUT2D eigenvalue weighted by Gasteiger charge is 2.22. The Bertz CT molecular complexity index is 1480. The first-order chi connectivity index (χ1) is 21.4. The number of amides is 2. The van der Waals surface area contributed by atoms with Gasteiger partial charge in [0.1, 0.15) is 18.0 Å². The monoisotopic (exact) mass is 619 g/mol. The van der Waals surface area contributed by atoms with Crippen LogP contribution in [0.4, 0.5) is 16.6 Å². The number of carbonyl (C=O) groups excluding carboxylic acids is 2. The van der Waals surface area contributed by atoms with E-state index in [-0.39, 0.29) is 25.5 Å². The number of hydrogen-bond donors (Lipinski definition) is 3. The molecule has 0 bridgehead atoms. The summed E-state index contributed by atoms with van der Waals surface area (Å²) in [5, 5.41) is 21.3. The van der Waals surface area contributed by atoms with Crippen LogP contribution in [0.25, 0.3) is 11.1 Å². The van der Waals surface area contributed by atoms with Crippen molar-refractivity contribution in [3.8, 4) is 11.1 Å². The standard InChI is InChI=1S/C32H41N7O6/c1-32(2,3)45-31(44)36-19-27(41)37(4)20-23-6-5-7-24(15-23)26-17-34-30(35-18-26)39-12-10-38(11-13-39)29-25(21-40)14-22(16-33-29)8-9-28(42)43/h5-7,14-18,40H,8-13,19-21H2,1-4H3,(H,36,44)(H,42,43). The fraction of sp³-hybridized carbons (Fsp3) is 0.438. The van der Waals surface area contributed by atoms with Crippen molar-refractivity contribution in [2.45, 2.75) is 52.4 Å². The highest BCUT2D eigenvalue weighted by atomic mass is 16.6. The number of piperazine rings is 1. The van der Waals surface area contributed by atoms with E-state index in [0.717, 1.165) is 22.3 Å². The average Bonchev–Trinajstić information content (AvgIpc) is 3.02. The molecule has 3 N–H and O–H groups in total. The maximum absolute atomic E-state index is 12.5. The molecule has 45 heavy (non-hydrogen) atoms. The Balaban J connectivity index is 1.31. The molecule has 13 heteroatoms. The predicted octanol–water partition coefficient (Wildman–Crippen LogP) is 2.86. The summed E-state index contributed by atoms with van der Waals surface area (Å²) in [5.74, 6) is 0.221. The molecule has 0 radical (unpaired) electrons. The molecule has 2 aromatic heterocycles. The number of hydrogen-bond acceptors (Lipinski definition) is 10. The largest absolute Gasteiger partial charge is 0.481 e. The van der Waals surface area contributed by atoms with E-state index in [0.29, 0.717) is 56.5 Å². The number of nitrogens with zero attached hydrogens (tertiary/aromatic N) is 6. The number of aliphatic hydroxyl groups is 1. The van der Waals surface area contributed by atoms with Crippen LogP contribution in [0.3, 0.4) is 0 Å². The highest BCUT2D eigenvalue weighted by Crippen LogP contribution is 2.24. The number of aromatic nitrogens is 3. The Morgan fingerprint density at radius 3 is 2.29 bits per heavy atom. The zero-order valence-electron chi connectivity index (χ0n) is 26.2. The molecule has 240 valence electrons. The molecule has 4 rings (SSSR count). The van der Waals surface area contributed by atoms with E-state index in [1.807, 2.05) is 30.3 Å². The van der Waals surface area contributed by atoms with Crippen LogP contribution in [-0.2, 0) is 33.9 Å². The highest BCUT2D eigenvalue weighted by molar-refractivity contribution is 5.82. The van der Waals surface area contributed by atoms with Gasteiger partial charge in [-0.15, -0.1) is 0 Å². The van der Waals surface area contributed by atoms with Crippen LogP contribution in [-0.4, -0.2) is 93.4 Å². The normalized spacial score (nSPS) is 13.4. The van der Waals surface area contributed by atoms with Crippen molar-refractivity contribution in [2.75, 3.05) is 49.6 Å². The molecule has 1 aliphatic rings. The number of carboxylic acids is 1. The number of pyridine rings is 1. The van der Waals surface area contributed by atoms with Crippen molar-refractivity contribution in [1.82, 2.24) is 25.2 Å². The van der Waals surface area contributed by atoms with E-state index in [1.54, 1.807) is 51.3 Å². The number of rotatable bonds is 11. The Morgan fingerprint density at radius 2 is 1.64 bits per heavy atom. The maximum Gasteiger partial charge on any atom is 0.408 e. The van der Waals surface area contributed by atoms with Gasteiger partial charge in [-0.2, -0.15) is 0 Å². The smallest absolute Gasteiger partial charge is 0.408 e. The molecule has 1 saturated heterocycles. The average molecular weight is 620 g/mol. The first-order valence-electron chi connectivity index (χ1n) is 14.8. The Hall–Kier alpha value is -4.78. The third-order valence-corrected chi connectivity index (χ3v) is 7.19. The molecular formula is C32H41N7O6. The number of ether oxygens (including phenoxy) is 1. The van der Waals surface area contributed by atoms with Gasteiger partial charge < -0.3 is 35.0 Å². The van der Waals surface area contributed by atoms with Crippen LogP contribution < -0.4 is 15.1 Å². The first-order valence-corrected chi connectivity index (χ1v) is 14.8. The molecule has 1 aromatic carbocycles. The van der Waals surface area contributed by atoms with Crippen molar-refractivity contribution in [2.24, 2.45) is 0 Å². The second-order valence-corrected chi connectivity index (χ2v) is 11.9. The first kappa shape index (κ1) is 33.1. The van der Waals surface area contributed by atoms with Gasteiger partial charge in [0.15, 0.2) is 0 Å². The number of carbonyl (C=O) groups is 3. The van der Waals surface area contributed by atoms with Gasteiger partial charge in [0.05, 0.1) is 6.61 Å². The van der Waals surface area contributed by atoms with E-state index in [2.05, 4.69) is 30.1 Å². The minimum Gasteiger partial charge on any atom is -0.481 e. The van der Waals surface area contributed by atoms with Crippen molar-refractivity contribution in [1.29, 1.82) is 0 Å². The second-order valence-electron chi connectivity index (χ2n) is 11.9. The summed E-state index contributed by atoms with van der Waals surface area (Å²) >= 11 is 0. The minimum absolute atomic E-state index is 0.0176. The minimum atomic E-state index is -0.867. The summed E-state index contributed by atoms with van der Waals surface area (Å²) in [6.07, 6.45) is 5.01. The van der Waals surface area contributed by atoms with Gasteiger partial charge in [0, 0.05) is 75.9 Å². The lowest BCUT2D eigenvalue weighted by molar-refractivity contribution is -0.137. The zero-order chi connectivity index (χ0) is 32.6. The van der Waals surface area contributed by atoms with Crippen molar-refractivity contribution < 1.29 is 29.3 Å². The Labute approximate surface area is 262 Å². The van der Waals surface area contributed by atoms with Crippen LogP contribution in [0.15, 0.2) is 48.9 Å². The number of aryl methyl sites for hydroxylation is 1. The zero-order valence-corrected chi connectivity index (χ0v) is 26.2. The number of benzene rings is 1. The molecule has 0 atom stereocenters. The summed E-state index contributed by atoms with van der Waals surface area (Å²) in [6, 6.07) is 9.63. The number of nitrogens with one attached hydrogen (secondary N) is 1. The van der Waals surface area contributed by atoms with Crippen LogP contribution in [0, 0.1) is 0 Å². The number of anilines is 2. The molecule has 2 amide bonds. The summed E-state index contributed by atoms with van der Waals surface area (Å²) in [4.78, 5) is 54.8. The molecule has 1 aliphatic heterocycles. The van der Waals surface area contributed by atoms with Gasteiger partial charge in [-0.1, -0.05) is 18.2 Å².